The van der Waals surface area contributed by atoms with Gasteiger partial charge in [-0.2, -0.15) is 0 Å². The van der Waals surface area contributed by atoms with Crippen LogP contribution in [-0.4, -0.2) is 37.2 Å². The van der Waals surface area contributed by atoms with E-state index in [0.717, 1.165) is 70.6 Å². The zero-order valence-electron chi connectivity index (χ0n) is 39.8. The molecular weight excluding hydrogens is 769 g/mol. The average Bonchev–Trinajstić information content (AvgIpc) is 3.27. The topological polar surface area (TPSA) is 78.9 Å². The third-order valence-electron chi connectivity index (χ3n) is 10.2. The molecule has 0 aromatic rings. The minimum absolute atomic E-state index is 0.129. The quantitative estimate of drug-likeness (QED) is 0.0200. The van der Waals surface area contributed by atoms with Gasteiger partial charge in [-0.05, 0) is 83.5 Å². The van der Waals surface area contributed by atoms with Crippen LogP contribution in [0.4, 0.5) is 0 Å². The number of esters is 3. The normalized spacial score (nSPS) is 13.0. The minimum Gasteiger partial charge on any atom is -0.462 e. The number of ether oxygens (including phenoxy) is 3. The molecule has 0 aliphatic rings. The van der Waals surface area contributed by atoms with Crippen LogP contribution in [0.2, 0.25) is 0 Å². The van der Waals surface area contributed by atoms with Crippen LogP contribution in [0.15, 0.2) is 109 Å². The summed E-state index contributed by atoms with van der Waals surface area (Å²) in [5.41, 5.74) is 0. The number of carbonyl (C=O) groups excluding carboxylic acids is 3. The zero-order valence-corrected chi connectivity index (χ0v) is 39.8. The molecule has 0 rings (SSSR count). The number of carbonyl (C=O) groups is 3. The highest BCUT2D eigenvalue weighted by atomic mass is 16.6. The van der Waals surface area contributed by atoms with Crippen molar-refractivity contribution < 1.29 is 28.6 Å². The molecule has 62 heavy (non-hydrogen) atoms. The Kier molecular flexibility index (Phi) is 46.6. The van der Waals surface area contributed by atoms with E-state index < -0.39 is 6.10 Å². The minimum atomic E-state index is -0.834. The van der Waals surface area contributed by atoms with Gasteiger partial charge in [0.2, 0.25) is 0 Å². The van der Waals surface area contributed by atoms with E-state index in [2.05, 4.69) is 75.5 Å². The predicted molar refractivity (Wildman–Crippen MR) is 265 cm³/mol. The van der Waals surface area contributed by atoms with Crippen LogP contribution in [-0.2, 0) is 28.6 Å². The molecule has 0 spiro atoms. The lowest BCUT2D eigenvalue weighted by molar-refractivity contribution is -0.166. The van der Waals surface area contributed by atoms with Gasteiger partial charge in [0.15, 0.2) is 6.10 Å². The van der Waals surface area contributed by atoms with E-state index >= 15 is 0 Å². The van der Waals surface area contributed by atoms with Crippen molar-refractivity contribution >= 4 is 17.9 Å². The Morgan fingerprint density at radius 1 is 0.355 bits per heavy atom. The number of hydrogen-bond donors (Lipinski definition) is 0. The van der Waals surface area contributed by atoms with Crippen molar-refractivity contribution in [1.82, 2.24) is 0 Å². The Hall–Kier alpha value is -3.93. The molecule has 0 aromatic carbocycles. The molecule has 6 heteroatoms. The molecule has 0 saturated carbocycles. The van der Waals surface area contributed by atoms with E-state index in [1.807, 2.05) is 54.7 Å². The molecule has 0 aromatic heterocycles. The lowest BCUT2D eigenvalue weighted by atomic mass is 10.1. The third kappa shape index (κ3) is 47.1. The van der Waals surface area contributed by atoms with Gasteiger partial charge in [0.25, 0.3) is 0 Å². The predicted octanol–water partition coefficient (Wildman–Crippen LogP) is 16.4. The zero-order chi connectivity index (χ0) is 45.1. The maximum Gasteiger partial charge on any atom is 0.306 e. The average molecular weight is 859 g/mol. The Morgan fingerprint density at radius 2 is 0.726 bits per heavy atom. The molecule has 0 aliphatic carbocycles. The molecule has 0 amide bonds. The van der Waals surface area contributed by atoms with E-state index in [1.165, 1.54) is 83.5 Å². The number of rotatable bonds is 43. The molecule has 0 heterocycles. The molecule has 0 saturated heterocycles. The van der Waals surface area contributed by atoms with E-state index in [4.69, 9.17) is 14.2 Å². The van der Waals surface area contributed by atoms with Crippen LogP contribution < -0.4 is 0 Å². The maximum absolute atomic E-state index is 12.8. The Labute approximate surface area is 380 Å². The second kappa shape index (κ2) is 49.7. The summed E-state index contributed by atoms with van der Waals surface area (Å²) in [5, 5.41) is 0. The number of unbranched alkanes of at least 4 members (excludes halogenated alkanes) is 19. The summed E-state index contributed by atoms with van der Waals surface area (Å²) >= 11 is 0. The van der Waals surface area contributed by atoms with Crippen molar-refractivity contribution in [3.05, 3.63) is 109 Å². The van der Waals surface area contributed by atoms with Crippen LogP contribution in [0.25, 0.3) is 0 Å². The van der Waals surface area contributed by atoms with Gasteiger partial charge in [0.1, 0.15) is 13.2 Å². The van der Waals surface area contributed by atoms with E-state index in [1.54, 1.807) is 0 Å². The number of allylic oxidation sites excluding steroid dienone is 18. The molecule has 350 valence electrons. The van der Waals surface area contributed by atoms with Crippen LogP contribution in [0.3, 0.4) is 0 Å². The molecule has 0 fully saturated rings. The van der Waals surface area contributed by atoms with Gasteiger partial charge in [-0.1, -0.05) is 214 Å². The van der Waals surface area contributed by atoms with Crippen LogP contribution >= 0.6 is 0 Å². The summed E-state index contributed by atoms with van der Waals surface area (Å²) < 4.78 is 16.6. The summed E-state index contributed by atoms with van der Waals surface area (Å²) in [4.78, 5) is 37.9. The standard InChI is InChI=1S/C56H90O6/c1-4-7-10-13-16-19-22-25-27-29-31-34-37-40-43-46-49-55(58)61-52-53(51-60-54(57)48-45-42-39-36-33-30-24-21-18-15-12-9-6-3)62-56(59)50-47-44-41-38-35-32-28-26-23-20-17-14-11-8-5-2/h8,11,14,17,20,23,26-35,39,42,53H,4-7,9-10,12-13,15-16,18-19,21-22,24-25,36-38,40-41,43-52H2,1-3H3/b11-8-,17-14-,23-20-,28-26-,29-27-,33-30-,34-31-,35-32-,42-39-. The van der Waals surface area contributed by atoms with Crippen molar-refractivity contribution in [3.8, 4) is 0 Å². The highest BCUT2D eigenvalue weighted by molar-refractivity contribution is 5.71. The van der Waals surface area contributed by atoms with Crippen molar-refractivity contribution in [2.45, 2.75) is 213 Å². The molecule has 1 atom stereocenters. The first-order chi connectivity index (χ1) is 30.5. The van der Waals surface area contributed by atoms with Crippen LogP contribution in [0.5, 0.6) is 0 Å². The summed E-state index contributed by atoms with van der Waals surface area (Å²) in [7, 11) is 0. The van der Waals surface area contributed by atoms with Crippen molar-refractivity contribution in [2.24, 2.45) is 0 Å². The lowest BCUT2D eigenvalue weighted by Gasteiger charge is -2.18. The molecule has 0 radical (unpaired) electrons. The largest absolute Gasteiger partial charge is 0.462 e. The van der Waals surface area contributed by atoms with Crippen molar-refractivity contribution in [3.63, 3.8) is 0 Å². The summed E-state index contributed by atoms with van der Waals surface area (Å²) in [6, 6.07) is 0. The second-order valence-corrected chi connectivity index (χ2v) is 16.1. The van der Waals surface area contributed by atoms with Gasteiger partial charge >= 0.3 is 17.9 Å². The fourth-order valence-corrected chi connectivity index (χ4v) is 6.39. The monoisotopic (exact) mass is 859 g/mol. The Bertz CT molecular complexity index is 1310. The molecule has 0 aliphatic heterocycles. The highest BCUT2D eigenvalue weighted by Gasteiger charge is 2.19. The molecule has 6 nitrogen and oxygen atoms in total. The van der Waals surface area contributed by atoms with E-state index in [-0.39, 0.29) is 44.0 Å². The van der Waals surface area contributed by atoms with Crippen molar-refractivity contribution in [2.75, 3.05) is 13.2 Å². The fraction of sp³-hybridized carbons (Fsp3) is 0.625. The van der Waals surface area contributed by atoms with Gasteiger partial charge in [-0.3, -0.25) is 14.4 Å². The first-order valence-electron chi connectivity index (χ1n) is 25.0. The highest BCUT2D eigenvalue weighted by Crippen LogP contribution is 2.12. The summed E-state index contributed by atoms with van der Waals surface area (Å²) in [6.07, 6.45) is 66.5. The van der Waals surface area contributed by atoms with Crippen molar-refractivity contribution in [1.29, 1.82) is 0 Å². The van der Waals surface area contributed by atoms with Crippen LogP contribution in [0, 0.1) is 0 Å². The molecule has 0 N–H and O–H groups in total. The Morgan fingerprint density at radius 3 is 1.23 bits per heavy atom. The van der Waals surface area contributed by atoms with Gasteiger partial charge in [0, 0.05) is 19.3 Å². The first kappa shape index (κ1) is 58.1. The SMILES string of the molecule is CC\C=C/C=C\C=C/C=C\C=C/CCCCCC(=O)OC(COC(=O)CC/C=C\C/C=C\CCCCCCCC)COC(=O)CCCCC/C=C\C=C/CCCCCCCCC. The van der Waals surface area contributed by atoms with Gasteiger partial charge in [-0.25, -0.2) is 0 Å². The van der Waals surface area contributed by atoms with E-state index in [0.29, 0.717) is 19.3 Å². The summed E-state index contributed by atoms with van der Waals surface area (Å²) in [5.74, 6) is -1.07. The smallest absolute Gasteiger partial charge is 0.306 e. The fourth-order valence-electron chi connectivity index (χ4n) is 6.39. The number of hydrogen-bond acceptors (Lipinski definition) is 6. The lowest BCUT2D eigenvalue weighted by Crippen LogP contribution is -2.30. The Balaban J connectivity index is 4.59. The molecule has 1 unspecified atom stereocenters. The summed E-state index contributed by atoms with van der Waals surface area (Å²) in [6.45, 7) is 6.35. The third-order valence-corrected chi connectivity index (χ3v) is 10.2. The molecule has 0 bridgehead atoms. The first-order valence-corrected chi connectivity index (χ1v) is 25.0. The van der Waals surface area contributed by atoms with E-state index in [9.17, 15) is 14.4 Å². The van der Waals surface area contributed by atoms with Gasteiger partial charge in [0.05, 0.1) is 0 Å². The molecular formula is C56H90O6. The van der Waals surface area contributed by atoms with Crippen LogP contribution in [0.1, 0.15) is 207 Å². The second-order valence-electron chi connectivity index (χ2n) is 16.1. The van der Waals surface area contributed by atoms with Gasteiger partial charge < -0.3 is 14.2 Å². The van der Waals surface area contributed by atoms with Gasteiger partial charge in [-0.15, -0.1) is 0 Å². The maximum atomic E-state index is 12.8.